The number of rotatable bonds is 6. The molecule has 7 nitrogen and oxygen atoms in total. The molecule has 0 radical (unpaired) electrons. The zero-order valence-electron chi connectivity index (χ0n) is 16.5. The molecule has 3 amide bonds. The van der Waals surface area contributed by atoms with Gasteiger partial charge in [0.25, 0.3) is 0 Å². The van der Waals surface area contributed by atoms with E-state index < -0.39 is 17.6 Å². The number of halogens is 1. The van der Waals surface area contributed by atoms with E-state index >= 15 is 0 Å². The number of ether oxygens (including phenoxy) is 1. The van der Waals surface area contributed by atoms with Crippen LogP contribution in [0.25, 0.3) is 0 Å². The van der Waals surface area contributed by atoms with Gasteiger partial charge in [0.2, 0.25) is 11.8 Å². The fourth-order valence-corrected chi connectivity index (χ4v) is 2.60. The minimum atomic E-state index is -0.672. The minimum absolute atomic E-state index is 0.178. The van der Waals surface area contributed by atoms with E-state index in [0.717, 1.165) is 5.56 Å². The number of anilines is 2. The summed E-state index contributed by atoms with van der Waals surface area (Å²) < 4.78 is 5.07. The molecule has 154 valence electrons. The van der Waals surface area contributed by atoms with Crippen LogP contribution < -0.4 is 16.0 Å². The summed E-state index contributed by atoms with van der Waals surface area (Å²) in [6.45, 7) is 4.97. The molecule has 2 aromatic carbocycles. The van der Waals surface area contributed by atoms with Crippen molar-refractivity contribution in [1.82, 2.24) is 5.32 Å². The molecule has 0 heterocycles. The molecule has 0 aromatic heterocycles. The number of carbonyl (C=O) groups is 3. The molecule has 0 aliphatic rings. The fourth-order valence-electron chi connectivity index (χ4n) is 2.38. The van der Waals surface area contributed by atoms with Gasteiger partial charge >= 0.3 is 6.09 Å². The first-order valence-electron chi connectivity index (χ1n) is 9.02. The van der Waals surface area contributed by atoms with Crippen LogP contribution in [-0.2, 0) is 20.7 Å². The second-order valence-electron chi connectivity index (χ2n) is 7.34. The average molecular weight is 418 g/mol. The summed E-state index contributed by atoms with van der Waals surface area (Å²) in [4.78, 5) is 35.8. The average Bonchev–Trinajstić information content (AvgIpc) is 2.59. The number of carbonyl (C=O) groups excluding carboxylic acids is 3. The zero-order valence-corrected chi connectivity index (χ0v) is 17.3. The Morgan fingerprint density at radius 3 is 2.17 bits per heavy atom. The van der Waals surface area contributed by atoms with Crippen molar-refractivity contribution in [2.75, 3.05) is 17.2 Å². The Balaban J connectivity index is 1.86. The van der Waals surface area contributed by atoms with Crippen LogP contribution in [0.5, 0.6) is 0 Å². The van der Waals surface area contributed by atoms with E-state index in [1.165, 1.54) is 0 Å². The van der Waals surface area contributed by atoms with Crippen LogP contribution >= 0.6 is 11.6 Å². The van der Waals surface area contributed by atoms with Gasteiger partial charge < -0.3 is 20.7 Å². The van der Waals surface area contributed by atoms with Gasteiger partial charge in [-0.15, -0.1) is 0 Å². The van der Waals surface area contributed by atoms with E-state index in [0.29, 0.717) is 16.4 Å². The maximum Gasteiger partial charge on any atom is 0.408 e. The Labute approximate surface area is 174 Å². The monoisotopic (exact) mass is 417 g/mol. The summed E-state index contributed by atoms with van der Waals surface area (Å²) in [5.74, 6) is -0.624. The summed E-state index contributed by atoms with van der Waals surface area (Å²) in [5.41, 5.74) is 1.18. The lowest BCUT2D eigenvalue weighted by Gasteiger charge is -2.19. The van der Waals surface area contributed by atoms with Gasteiger partial charge in [0, 0.05) is 16.4 Å². The second-order valence-corrected chi connectivity index (χ2v) is 7.78. The summed E-state index contributed by atoms with van der Waals surface area (Å²) in [5, 5.41) is 8.38. The number of amides is 3. The van der Waals surface area contributed by atoms with Gasteiger partial charge in [-0.05, 0) is 56.7 Å². The largest absolute Gasteiger partial charge is 0.444 e. The van der Waals surface area contributed by atoms with Crippen molar-refractivity contribution in [3.63, 3.8) is 0 Å². The highest BCUT2D eigenvalue weighted by Crippen LogP contribution is 2.16. The van der Waals surface area contributed by atoms with E-state index in [4.69, 9.17) is 16.3 Å². The number of hydrogen-bond acceptors (Lipinski definition) is 4. The first-order chi connectivity index (χ1) is 13.6. The normalized spacial score (nSPS) is 10.8. The molecular formula is C21H24ClN3O4. The van der Waals surface area contributed by atoms with Crippen molar-refractivity contribution < 1.29 is 19.1 Å². The van der Waals surface area contributed by atoms with Crippen LogP contribution in [0.15, 0.2) is 48.5 Å². The molecular weight excluding hydrogens is 394 g/mol. The fraction of sp³-hybridized carbons (Fsp3) is 0.286. The number of hydrogen-bond donors (Lipinski definition) is 3. The van der Waals surface area contributed by atoms with Crippen molar-refractivity contribution in [2.45, 2.75) is 32.8 Å². The summed E-state index contributed by atoms with van der Waals surface area (Å²) in [7, 11) is 0. The molecule has 0 unspecified atom stereocenters. The highest BCUT2D eigenvalue weighted by atomic mass is 35.5. The number of benzene rings is 2. The maximum absolute atomic E-state index is 12.2. The van der Waals surface area contributed by atoms with Crippen molar-refractivity contribution in [3.05, 3.63) is 59.1 Å². The molecule has 0 saturated heterocycles. The van der Waals surface area contributed by atoms with Crippen molar-refractivity contribution in [2.24, 2.45) is 0 Å². The van der Waals surface area contributed by atoms with Crippen LogP contribution in [0.1, 0.15) is 26.3 Å². The molecule has 0 aliphatic heterocycles. The summed E-state index contributed by atoms with van der Waals surface area (Å²) in [6.07, 6.45) is -0.494. The van der Waals surface area contributed by atoms with E-state index in [1.54, 1.807) is 63.2 Å². The third kappa shape index (κ3) is 8.66. The van der Waals surface area contributed by atoms with E-state index in [-0.39, 0.29) is 18.9 Å². The van der Waals surface area contributed by atoms with Crippen LogP contribution in [0.3, 0.4) is 0 Å². The first-order valence-corrected chi connectivity index (χ1v) is 9.39. The molecule has 29 heavy (non-hydrogen) atoms. The standard InChI is InChI=1S/C21H24ClN3O4/c1-21(2,3)29-20(28)23-13-19(27)25-17-9-5-8-16(12-17)24-18(26)11-14-6-4-7-15(22)10-14/h4-10,12H,11,13H2,1-3H3,(H,23,28)(H,24,26)(H,25,27). The smallest absolute Gasteiger partial charge is 0.408 e. The van der Waals surface area contributed by atoms with Crippen LogP contribution in [0.4, 0.5) is 16.2 Å². The molecule has 3 N–H and O–H groups in total. The lowest BCUT2D eigenvalue weighted by Crippen LogP contribution is -2.37. The van der Waals surface area contributed by atoms with Gasteiger partial charge in [0.15, 0.2) is 0 Å². The highest BCUT2D eigenvalue weighted by Gasteiger charge is 2.16. The van der Waals surface area contributed by atoms with Crippen LogP contribution in [-0.4, -0.2) is 30.1 Å². The summed E-state index contributed by atoms with van der Waals surface area (Å²) >= 11 is 5.93. The van der Waals surface area contributed by atoms with Crippen LogP contribution in [0.2, 0.25) is 5.02 Å². The Morgan fingerprint density at radius 2 is 1.55 bits per heavy atom. The molecule has 0 spiro atoms. The Kier molecular flexibility index (Phi) is 7.61. The van der Waals surface area contributed by atoms with E-state index in [9.17, 15) is 14.4 Å². The third-order valence-electron chi connectivity index (χ3n) is 3.48. The van der Waals surface area contributed by atoms with Gasteiger partial charge in [-0.2, -0.15) is 0 Å². The Bertz CT molecular complexity index is 893. The molecule has 0 aliphatic carbocycles. The lowest BCUT2D eigenvalue weighted by atomic mass is 10.1. The Hall–Kier alpha value is -3.06. The molecule has 0 fully saturated rings. The third-order valence-corrected chi connectivity index (χ3v) is 3.71. The summed E-state index contributed by atoms with van der Waals surface area (Å²) in [6, 6.07) is 13.8. The number of nitrogens with one attached hydrogen (secondary N) is 3. The first kappa shape index (κ1) is 22.2. The molecule has 2 rings (SSSR count). The molecule has 0 bridgehead atoms. The predicted molar refractivity (Wildman–Crippen MR) is 113 cm³/mol. The minimum Gasteiger partial charge on any atom is -0.444 e. The lowest BCUT2D eigenvalue weighted by molar-refractivity contribution is -0.116. The molecule has 0 saturated carbocycles. The van der Waals surface area contributed by atoms with Crippen molar-refractivity contribution >= 4 is 40.9 Å². The Morgan fingerprint density at radius 1 is 0.931 bits per heavy atom. The quantitative estimate of drug-likeness (QED) is 0.662. The van der Waals surface area contributed by atoms with Gasteiger partial charge in [0.05, 0.1) is 6.42 Å². The number of alkyl carbamates (subject to hydrolysis) is 1. The topological polar surface area (TPSA) is 96.5 Å². The van der Waals surface area contributed by atoms with Crippen LogP contribution in [0, 0.1) is 0 Å². The van der Waals surface area contributed by atoms with Crippen molar-refractivity contribution in [1.29, 1.82) is 0 Å². The van der Waals surface area contributed by atoms with Gasteiger partial charge in [-0.1, -0.05) is 29.8 Å². The predicted octanol–water partition coefficient (Wildman–Crippen LogP) is 3.98. The van der Waals surface area contributed by atoms with Crippen molar-refractivity contribution in [3.8, 4) is 0 Å². The highest BCUT2D eigenvalue weighted by molar-refractivity contribution is 6.30. The van der Waals surface area contributed by atoms with E-state index in [2.05, 4.69) is 16.0 Å². The SMILES string of the molecule is CC(C)(C)OC(=O)NCC(=O)Nc1cccc(NC(=O)Cc2cccc(Cl)c2)c1. The molecule has 0 atom stereocenters. The maximum atomic E-state index is 12.2. The second kappa shape index (κ2) is 9.93. The van der Waals surface area contributed by atoms with Gasteiger partial charge in [-0.3, -0.25) is 9.59 Å². The van der Waals surface area contributed by atoms with Gasteiger partial charge in [0.1, 0.15) is 12.1 Å². The zero-order chi connectivity index (χ0) is 21.4. The molecule has 2 aromatic rings. The van der Waals surface area contributed by atoms with E-state index in [1.807, 2.05) is 6.07 Å². The molecule has 8 heteroatoms. The van der Waals surface area contributed by atoms with Gasteiger partial charge in [-0.25, -0.2) is 4.79 Å².